The van der Waals surface area contributed by atoms with Crippen LogP contribution in [0, 0.1) is 5.41 Å². The first-order chi connectivity index (χ1) is 7.52. The molecule has 4 nitrogen and oxygen atoms in total. The first-order valence-corrected chi connectivity index (χ1v) is 5.77. The Morgan fingerprint density at radius 1 is 1.50 bits per heavy atom. The second kappa shape index (κ2) is 4.01. The summed E-state index contributed by atoms with van der Waals surface area (Å²) >= 11 is 0. The highest BCUT2D eigenvalue weighted by molar-refractivity contribution is 6.15. The smallest absolute Gasteiger partial charge is 0.256 e. The van der Waals surface area contributed by atoms with Crippen molar-refractivity contribution in [2.45, 2.75) is 26.7 Å². The first-order valence-electron chi connectivity index (χ1n) is 5.77. The third kappa shape index (κ3) is 2.02. The summed E-state index contributed by atoms with van der Waals surface area (Å²) in [6.07, 6.45) is 3.61. The minimum Gasteiger partial charge on any atom is -0.316 e. The van der Waals surface area contributed by atoms with E-state index < -0.39 is 0 Å². The van der Waals surface area contributed by atoms with Crippen LogP contribution < -0.4 is 5.32 Å². The van der Waals surface area contributed by atoms with Crippen molar-refractivity contribution in [3.63, 3.8) is 0 Å². The zero-order chi connectivity index (χ0) is 11.8. The molecular formula is C12H18N2O2. The molecule has 88 valence electrons. The summed E-state index contributed by atoms with van der Waals surface area (Å²) in [4.78, 5) is 24.7. The van der Waals surface area contributed by atoms with Crippen LogP contribution in [0.5, 0.6) is 0 Å². The zero-order valence-electron chi connectivity index (χ0n) is 9.88. The summed E-state index contributed by atoms with van der Waals surface area (Å²) < 4.78 is 0. The summed E-state index contributed by atoms with van der Waals surface area (Å²) in [5.74, 6) is -0.286. The summed E-state index contributed by atoms with van der Waals surface area (Å²) in [5.41, 5.74) is 0.583. The largest absolute Gasteiger partial charge is 0.316 e. The number of rotatable bonds is 2. The fourth-order valence-corrected chi connectivity index (χ4v) is 2.42. The number of nitrogens with one attached hydrogen (secondary N) is 1. The Labute approximate surface area is 95.7 Å². The van der Waals surface area contributed by atoms with Gasteiger partial charge in [0, 0.05) is 24.7 Å². The summed E-state index contributed by atoms with van der Waals surface area (Å²) in [6, 6.07) is 0. The van der Waals surface area contributed by atoms with Gasteiger partial charge < -0.3 is 5.32 Å². The van der Waals surface area contributed by atoms with Gasteiger partial charge in [-0.15, -0.1) is 0 Å². The minimum atomic E-state index is -0.158. The van der Waals surface area contributed by atoms with Gasteiger partial charge in [-0.3, -0.25) is 14.5 Å². The molecule has 0 radical (unpaired) electrons. The lowest BCUT2D eigenvalue weighted by Gasteiger charge is -2.36. The Morgan fingerprint density at radius 3 is 2.75 bits per heavy atom. The van der Waals surface area contributed by atoms with E-state index in [1.54, 1.807) is 6.92 Å². The number of carbonyl (C=O) groups is 2. The van der Waals surface area contributed by atoms with Crippen molar-refractivity contribution >= 4 is 11.8 Å². The van der Waals surface area contributed by atoms with Crippen LogP contribution in [0.4, 0.5) is 0 Å². The summed E-state index contributed by atoms with van der Waals surface area (Å²) in [5, 5.41) is 3.32. The van der Waals surface area contributed by atoms with E-state index in [1.165, 1.54) is 11.0 Å². The van der Waals surface area contributed by atoms with Crippen LogP contribution in [-0.2, 0) is 9.59 Å². The van der Waals surface area contributed by atoms with Gasteiger partial charge in [-0.2, -0.15) is 0 Å². The summed E-state index contributed by atoms with van der Waals surface area (Å²) in [6.45, 7) is 6.28. The number of carbonyl (C=O) groups excluding carboxylic acids is 2. The molecule has 2 aliphatic rings. The van der Waals surface area contributed by atoms with E-state index in [2.05, 4.69) is 12.2 Å². The fraction of sp³-hybridized carbons (Fsp3) is 0.667. The molecule has 16 heavy (non-hydrogen) atoms. The van der Waals surface area contributed by atoms with Crippen LogP contribution in [0.25, 0.3) is 0 Å². The average molecular weight is 222 g/mol. The number of amides is 2. The topological polar surface area (TPSA) is 49.4 Å². The molecule has 0 aromatic rings. The highest BCUT2D eigenvalue weighted by atomic mass is 16.2. The van der Waals surface area contributed by atoms with Gasteiger partial charge in [-0.25, -0.2) is 0 Å². The molecule has 0 aromatic heterocycles. The predicted octanol–water partition coefficient (Wildman–Crippen LogP) is 0.691. The van der Waals surface area contributed by atoms with Crippen LogP contribution in [0.15, 0.2) is 11.6 Å². The molecule has 0 aliphatic carbocycles. The fourth-order valence-electron chi connectivity index (χ4n) is 2.42. The lowest BCUT2D eigenvalue weighted by atomic mass is 9.82. The van der Waals surface area contributed by atoms with Crippen LogP contribution in [0.1, 0.15) is 26.7 Å². The maximum absolute atomic E-state index is 11.7. The van der Waals surface area contributed by atoms with Gasteiger partial charge in [0.05, 0.1) is 0 Å². The van der Waals surface area contributed by atoms with E-state index in [9.17, 15) is 9.59 Å². The van der Waals surface area contributed by atoms with Crippen molar-refractivity contribution in [2.75, 3.05) is 19.6 Å². The van der Waals surface area contributed by atoms with E-state index in [0.29, 0.717) is 12.1 Å². The maximum atomic E-state index is 11.7. The number of nitrogens with zero attached hydrogens (tertiary/aromatic N) is 1. The molecule has 2 aliphatic heterocycles. The zero-order valence-corrected chi connectivity index (χ0v) is 9.88. The standard InChI is InChI=1S/C12H18N2O2/c1-9-6-10(15)14(11(9)16)8-12(2)4-3-5-13-7-12/h6,13H,3-5,7-8H2,1-2H3. The molecule has 1 atom stereocenters. The third-order valence-electron chi connectivity index (χ3n) is 3.41. The predicted molar refractivity (Wildman–Crippen MR) is 60.7 cm³/mol. The number of imide groups is 1. The van der Waals surface area contributed by atoms with Crippen molar-refractivity contribution in [3.05, 3.63) is 11.6 Å². The molecule has 1 fully saturated rings. The van der Waals surface area contributed by atoms with Gasteiger partial charge in [0.25, 0.3) is 11.8 Å². The van der Waals surface area contributed by atoms with Crippen LogP contribution in [0.3, 0.4) is 0 Å². The Balaban J connectivity index is 2.05. The Morgan fingerprint density at radius 2 is 2.25 bits per heavy atom. The van der Waals surface area contributed by atoms with Crippen LogP contribution >= 0.6 is 0 Å². The Bertz CT molecular complexity index is 354. The molecule has 0 spiro atoms. The molecule has 2 amide bonds. The van der Waals surface area contributed by atoms with Gasteiger partial charge in [0.1, 0.15) is 0 Å². The van der Waals surface area contributed by atoms with Crippen molar-refractivity contribution in [1.29, 1.82) is 0 Å². The van der Waals surface area contributed by atoms with E-state index >= 15 is 0 Å². The monoisotopic (exact) mass is 222 g/mol. The van der Waals surface area contributed by atoms with Crippen LogP contribution in [-0.4, -0.2) is 36.3 Å². The second-order valence-corrected chi connectivity index (χ2v) is 5.15. The van der Waals surface area contributed by atoms with Crippen LogP contribution in [0.2, 0.25) is 0 Å². The molecule has 1 saturated heterocycles. The van der Waals surface area contributed by atoms with Gasteiger partial charge >= 0.3 is 0 Å². The molecule has 1 unspecified atom stereocenters. The normalized spacial score (nSPS) is 30.9. The van der Waals surface area contributed by atoms with E-state index in [0.717, 1.165) is 25.9 Å². The van der Waals surface area contributed by atoms with Gasteiger partial charge in [0.15, 0.2) is 0 Å². The third-order valence-corrected chi connectivity index (χ3v) is 3.41. The summed E-state index contributed by atoms with van der Waals surface area (Å²) in [7, 11) is 0. The number of piperidine rings is 1. The minimum absolute atomic E-state index is 0.0298. The van der Waals surface area contributed by atoms with Crippen molar-refractivity contribution in [3.8, 4) is 0 Å². The maximum Gasteiger partial charge on any atom is 0.256 e. The average Bonchev–Trinajstić information content (AvgIpc) is 2.46. The molecule has 2 rings (SSSR count). The Kier molecular flexibility index (Phi) is 2.84. The molecule has 0 saturated carbocycles. The van der Waals surface area contributed by atoms with Gasteiger partial charge in [0.2, 0.25) is 0 Å². The van der Waals surface area contributed by atoms with E-state index in [-0.39, 0.29) is 17.2 Å². The Hall–Kier alpha value is -1.16. The van der Waals surface area contributed by atoms with E-state index in [1.807, 2.05) is 0 Å². The van der Waals surface area contributed by atoms with E-state index in [4.69, 9.17) is 0 Å². The SMILES string of the molecule is CC1=CC(=O)N(CC2(C)CCCNC2)C1=O. The quantitative estimate of drug-likeness (QED) is 0.699. The lowest BCUT2D eigenvalue weighted by Crippen LogP contribution is -2.47. The molecule has 4 heteroatoms. The molecule has 1 N–H and O–H groups in total. The highest BCUT2D eigenvalue weighted by Crippen LogP contribution is 2.28. The molecule has 0 bridgehead atoms. The molecular weight excluding hydrogens is 204 g/mol. The van der Waals surface area contributed by atoms with Gasteiger partial charge in [-0.05, 0) is 31.7 Å². The lowest BCUT2D eigenvalue weighted by molar-refractivity contribution is -0.139. The van der Waals surface area contributed by atoms with Crippen molar-refractivity contribution in [2.24, 2.45) is 5.41 Å². The molecule has 2 heterocycles. The number of hydrogen-bond acceptors (Lipinski definition) is 3. The first kappa shape index (κ1) is 11.3. The number of hydrogen-bond donors (Lipinski definition) is 1. The van der Waals surface area contributed by atoms with Gasteiger partial charge in [-0.1, -0.05) is 6.92 Å². The van der Waals surface area contributed by atoms with Crippen molar-refractivity contribution < 1.29 is 9.59 Å². The van der Waals surface area contributed by atoms with Crippen molar-refractivity contribution in [1.82, 2.24) is 10.2 Å². The second-order valence-electron chi connectivity index (χ2n) is 5.15. The highest BCUT2D eigenvalue weighted by Gasteiger charge is 2.36. The molecule has 0 aromatic carbocycles.